The van der Waals surface area contributed by atoms with Crippen LogP contribution in [0.25, 0.3) is 72.0 Å². The average Bonchev–Trinajstić information content (AvgIpc) is 3.77. The Labute approximate surface area is 345 Å². The van der Waals surface area contributed by atoms with Crippen molar-refractivity contribution in [3.05, 3.63) is 230 Å². The topological polar surface area (TPSA) is 8.17 Å². The van der Waals surface area contributed by atoms with Gasteiger partial charge in [-0.15, -0.1) is 0 Å². The first kappa shape index (κ1) is 34.8. The van der Waals surface area contributed by atoms with Crippen LogP contribution in [0.3, 0.4) is 0 Å². The molecule has 0 saturated heterocycles. The number of hydrogen-bond acceptors (Lipinski definition) is 1. The summed E-state index contributed by atoms with van der Waals surface area (Å²) in [6.07, 6.45) is 0. The van der Waals surface area contributed by atoms with Crippen LogP contribution in [0, 0.1) is 0 Å². The molecule has 2 nitrogen and oxygen atoms in total. The first-order valence-corrected chi connectivity index (χ1v) is 20.5. The van der Waals surface area contributed by atoms with Gasteiger partial charge >= 0.3 is 0 Å². The number of benzene rings is 9. The Morgan fingerprint density at radius 1 is 0.407 bits per heavy atom. The molecule has 1 aliphatic carbocycles. The third-order valence-corrected chi connectivity index (χ3v) is 12.4. The second kappa shape index (κ2) is 13.9. The third kappa shape index (κ3) is 5.71. The summed E-state index contributed by atoms with van der Waals surface area (Å²) in [4.78, 5) is 2.42. The predicted octanol–water partition coefficient (Wildman–Crippen LogP) is 15.6. The SMILES string of the molecule is CC1(C)c2ccccc2-c2ccc(N(c3ccc(-c4ccccc4)cc3)c3ccc(-c4c(-c5ccccc5)n(-c5ccccc5)c5ccc6ccccc6c45)cc3)cc21. The van der Waals surface area contributed by atoms with Gasteiger partial charge in [0.15, 0.2) is 0 Å². The summed E-state index contributed by atoms with van der Waals surface area (Å²) in [7, 11) is 0. The minimum Gasteiger partial charge on any atom is -0.310 e. The van der Waals surface area contributed by atoms with Gasteiger partial charge in [0.1, 0.15) is 0 Å². The Morgan fingerprint density at radius 3 is 1.66 bits per heavy atom. The molecule has 0 unspecified atom stereocenters. The summed E-state index contributed by atoms with van der Waals surface area (Å²) in [5, 5.41) is 3.74. The Morgan fingerprint density at radius 2 is 0.949 bits per heavy atom. The molecule has 280 valence electrons. The lowest BCUT2D eigenvalue weighted by molar-refractivity contribution is 0.660. The smallest absolute Gasteiger partial charge is 0.0619 e. The Hall–Kier alpha value is -7.42. The van der Waals surface area contributed by atoms with Crippen molar-refractivity contribution < 1.29 is 0 Å². The quantitative estimate of drug-likeness (QED) is 0.157. The number of hydrogen-bond donors (Lipinski definition) is 0. The number of rotatable bonds is 7. The lowest BCUT2D eigenvalue weighted by Crippen LogP contribution is -2.16. The van der Waals surface area contributed by atoms with Gasteiger partial charge in [0.05, 0.1) is 11.2 Å². The van der Waals surface area contributed by atoms with Crippen molar-refractivity contribution in [1.29, 1.82) is 0 Å². The standard InChI is InChI=1S/C57H42N2/c1-57(2)51-25-15-14-24-49(51)50-36-35-47(38-52(50)57)58(45-31-26-40(27-32-45)39-16-6-3-7-17-39)46-33-28-42(29-34-46)54-55-48-23-13-12-18-41(48)30-37-53(55)59(44-21-10-5-11-22-44)56(54)43-19-8-4-9-20-43/h3-38H,1-2H3. The maximum Gasteiger partial charge on any atom is 0.0619 e. The zero-order valence-corrected chi connectivity index (χ0v) is 33.2. The van der Waals surface area contributed by atoms with E-state index in [1.165, 1.54) is 77.4 Å². The van der Waals surface area contributed by atoms with Crippen LogP contribution in [0.15, 0.2) is 218 Å². The van der Waals surface area contributed by atoms with Crippen LogP contribution in [-0.4, -0.2) is 4.57 Å². The van der Waals surface area contributed by atoms with Crippen molar-refractivity contribution >= 4 is 38.7 Å². The van der Waals surface area contributed by atoms with E-state index in [0.29, 0.717) is 0 Å². The number of fused-ring (bicyclic) bond motifs is 6. The molecular weight excluding hydrogens is 713 g/mol. The summed E-state index contributed by atoms with van der Waals surface area (Å²) in [6.45, 7) is 4.71. The Kier molecular flexibility index (Phi) is 8.20. The highest BCUT2D eigenvalue weighted by atomic mass is 15.1. The van der Waals surface area contributed by atoms with E-state index in [1.54, 1.807) is 0 Å². The number of aromatic nitrogens is 1. The van der Waals surface area contributed by atoms with E-state index in [0.717, 1.165) is 22.7 Å². The number of para-hydroxylation sites is 1. The van der Waals surface area contributed by atoms with Crippen LogP contribution >= 0.6 is 0 Å². The second-order valence-electron chi connectivity index (χ2n) is 16.1. The van der Waals surface area contributed by atoms with Gasteiger partial charge in [0, 0.05) is 39.1 Å². The van der Waals surface area contributed by atoms with Crippen molar-refractivity contribution in [2.45, 2.75) is 19.3 Å². The van der Waals surface area contributed by atoms with E-state index in [9.17, 15) is 0 Å². The molecule has 0 spiro atoms. The average molecular weight is 755 g/mol. The predicted molar refractivity (Wildman–Crippen MR) is 249 cm³/mol. The zero-order valence-electron chi connectivity index (χ0n) is 33.2. The van der Waals surface area contributed by atoms with E-state index in [-0.39, 0.29) is 5.41 Å². The molecule has 0 saturated carbocycles. The second-order valence-corrected chi connectivity index (χ2v) is 16.1. The molecule has 0 aliphatic heterocycles. The fourth-order valence-electron chi connectivity index (χ4n) is 9.54. The van der Waals surface area contributed by atoms with Gasteiger partial charge < -0.3 is 9.47 Å². The first-order valence-electron chi connectivity index (χ1n) is 20.5. The van der Waals surface area contributed by atoms with Gasteiger partial charge in [-0.2, -0.15) is 0 Å². The van der Waals surface area contributed by atoms with E-state index >= 15 is 0 Å². The molecule has 59 heavy (non-hydrogen) atoms. The normalized spacial score (nSPS) is 12.7. The summed E-state index contributed by atoms with van der Waals surface area (Å²) < 4.78 is 2.45. The lowest BCUT2D eigenvalue weighted by atomic mass is 9.82. The molecule has 0 amide bonds. The van der Waals surface area contributed by atoms with E-state index < -0.39 is 0 Å². The van der Waals surface area contributed by atoms with E-state index in [4.69, 9.17) is 0 Å². The fourth-order valence-corrected chi connectivity index (χ4v) is 9.54. The van der Waals surface area contributed by atoms with Crippen molar-refractivity contribution in [3.8, 4) is 50.3 Å². The Bertz CT molecular complexity index is 3140. The number of nitrogens with zero attached hydrogens (tertiary/aromatic N) is 2. The molecule has 0 atom stereocenters. The highest BCUT2D eigenvalue weighted by Crippen LogP contribution is 2.51. The molecule has 0 N–H and O–H groups in total. The van der Waals surface area contributed by atoms with Crippen molar-refractivity contribution in [3.63, 3.8) is 0 Å². The summed E-state index contributed by atoms with van der Waals surface area (Å²) >= 11 is 0. The van der Waals surface area contributed by atoms with Gasteiger partial charge in [-0.25, -0.2) is 0 Å². The van der Waals surface area contributed by atoms with Gasteiger partial charge in [0.2, 0.25) is 0 Å². The summed E-state index contributed by atoms with van der Waals surface area (Å²) in [5.41, 5.74) is 18.1. The van der Waals surface area contributed by atoms with Gasteiger partial charge in [-0.3, -0.25) is 0 Å². The Balaban J connectivity index is 1.11. The molecule has 1 heterocycles. The molecule has 2 heteroatoms. The molecule has 0 bridgehead atoms. The van der Waals surface area contributed by atoms with Crippen LogP contribution in [-0.2, 0) is 5.41 Å². The van der Waals surface area contributed by atoms with Crippen molar-refractivity contribution in [1.82, 2.24) is 4.57 Å². The van der Waals surface area contributed by atoms with Gasteiger partial charge in [0.25, 0.3) is 0 Å². The van der Waals surface area contributed by atoms with E-state index in [1.807, 2.05) is 0 Å². The van der Waals surface area contributed by atoms with Crippen molar-refractivity contribution in [2.24, 2.45) is 0 Å². The molecule has 10 aromatic rings. The van der Waals surface area contributed by atoms with Crippen LogP contribution < -0.4 is 4.90 Å². The van der Waals surface area contributed by atoms with E-state index in [2.05, 4.69) is 242 Å². The summed E-state index contributed by atoms with van der Waals surface area (Å²) in [6, 6.07) is 79.8. The monoisotopic (exact) mass is 754 g/mol. The third-order valence-electron chi connectivity index (χ3n) is 12.4. The van der Waals surface area contributed by atoms with Crippen LogP contribution in [0.2, 0.25) is 0 Å². The zero-order chi connectivity index (χ0) is 39.5. The highest BCUT2D eigenvalue weighted by molar-refractivity contribution is 6.18. The van der Waals surface area contributed by atoms with Gasteiger partial charge in [-0.1, -0.05) is 178 Å². The lowest BCUT2D eigenvalue weighted by Gasteiger charge is -2.28. The first-order chi connectivity index (χ1) is 29.0. The van der Waals surface area contributed by atoms with Crippen molar-refractivity contribution in [2.75, 3.05) is 4.90 Å². The minimum absolute atomic E-state index is 0.113. The van der Waals surface area contributed by atoms with Crippen LogP contribution in [0.4, 0.5) is 17.1 Å². The molecule has 1 aromatic heterocycles. The van der Waals surface area contributed by atoms with Crippen LogP contribution in [0.1, 0.15) is 25.0 Å². The molecule has 1 aliphatic rings. The van der Waals surface area contributed by atoms with Crippen LogP contribution in [0.5, 0.6) is 0 Å². The maximum absolute atomic E-state index is 2.45. The molecular formula is C57H42N2. The number of anilines is 3. The summed E-state index contributed by atoms with van der Waals surface area (Å²) in [5.74, 6) is 0. The molecule has 9 aromatic carbocycles. The van der Waals surface area contributed by atoms with Gasteiger partial charge in [-0.05, 0) is 110 Å². The fraction of sp³-hybridized carbons (Fsp3) is 0.0526. The molecule has 0 fully saturated rings. The largest absolute Gasteiger partial charge is 0.310 e. The molecule has 0 radical (unpaired) electrons. The minimum atomic E-state index is -0.113. The maximum atomic E-state index is 2.45. The molecule has 11 rings (SSSR count). The highest BCUT2D eigenvalue weighted by Gasteiger charge is 2.36.